The average molecular weight is 439 g/mol. The smallest absolute Gasteiger partial charge is 0.343 e. The van der Waals surface area contributed by atoms with Crippen molar-refractivity contribution in [1.29, 1.82) is 0 Å². The van der Waals surface area contributed by atoms with Crippen LogP contribution in [0.3, 0.4) is 0 Å². The van der Waals surface area contributed by atoms with Gasteiger partial charge >= 0.3 is 6.18 Å². The van der Waals surface area contributed by atoms with E-state index in [1.807, 2.05) is 37.4 Å². The number of carbonyl (C=O) groups is 1. The molecule has 0 radical (unpaired) electrons. The fraction of sp³-hybridized carbons (Fsp3) is 0.435. The molecule has 2 aromatic carbocycles. The number of likely N-dealkylation sites (tertiary alicyclic amines) is 1. The number of nitrogens with zero attached hydrogens (tertiary/aromatic N) is 1. The van der Waals surface area contributed by atoms with Crippen molar-refractivity contribution in [2.75, 3.05) is 13.6 Å². The van der Waals surface area contributed by atoms with Gasteiger partial charge in [-0.1, -0.05) is 54.9 Å². The normalized spacial score (nSPS) is 23.8. The van der Waals surface area contributed by atoms with Crippen LogP contribution in [0.15, 0.2) is 48.5 Å². The van der Waals surface area contributed by atoms with Crippen molar-refractivity contribution in [1.82, 2.24) is 10.2 Å². The van der Waals surface area contributed by atoms with Crippen molar-refractivity contribution in [3.8, 4) is 0 Å². The van der Waals surface area contributed by atoms with Gasteiger partial charge in [0.25, 0.3) is 5.91 Å². The van der Waals surface area contributed by atoms with E-state index in [0.29, 0.717) is 5.92 Å². The van der Waals surface area contributed by atoms with Crippen LogP contribution in [0, 0.1) is 5.92 Å². The van der Waals surface area contributed by atoms with Crippen LogP contribution < -0.4 is 5.32 Å². The maximum atomic E-state index is 13.2. The number of alkyl halides is 3. The van der Waals surface area contributed by atoms with E-state index in [0.717, 1.165) is 31.0 Å². The molecule has 1 aliphatic rings. The molecule has 0 aliphatic carbocycles. The van der Waals surface area contributed by atoms with Gasteiger partial charge in [-0.15, -0.1) is 0 Å². The van der Waals surface area contributed by atoms with Crippen LogP contribution in [0.4, 0.5) is 13.2 Å². The Morgan fingerprint density at radius 2 is 1.87 bits per heavy atom. The number of hydrogen-bond acceptors (Lipinski definition) is 2. The number of halogens is 4. The van der Waals surface area contributed by atoms with Gasteiger partial charge in [0.1, 0.15) is 0 Å². The second-order valence-electron chi connectivity index (χ2n) is 8.36. The molecule has 7 heteroatoms. The first kappa shape index (κ1) is 22.6. The molecule has 0 spiro atoms. The summed E-state index contributed by atoms with van der Waals surface area (Å²) in [4.78, 5) is 15.3. The molecular formula is C23H26ClF3N2O. The Bertz CT molecular complexity index is 903. The predicted molar refractivity (Wildman–Crippen MR) is 113 cm³/mol. The number of likely N-dealkylation sites (N-methyl/N-ethyl adjacent to an activating group) is 1. The van der Waals surface area contributed by atoms with Gasteiger partial charge in [0, 0.05) is 12.1 Å². The first-order valence-corrected chi connectivity index (χ1v) is 10.3. The molecule has 3 rings (SSSR count). The molecular weight excluding hydrogens is 413 g/mol. The van der Waals surface area contributed by atoms with Crippen LogP contribution in [0.2, 0.25) is 5.02 Å². The van der Waals surface area contributed by atoms with E-state index in [-0.39, 0.29) is 5.56 Å². The summed E-state index contributed by atoms with van der Waals surface area (Å²) in [5.74, 6) is -0.0821. The zero-order chi connectivity index (χ0) is 22.1. The molecule has 1 N–H and O–H groups in total. The molecule has 30 heavy (non-hydrogen) atoms. The fourth-order valence-corrected chi connectivity index (χ4v) is 4.56. The molecule has 1 fully saturated rings. The molecule has 1 saturated heterocycles. The fourth-order valence-electron chi connectivity index (χ4n) is 4.24. The van der Waals surface area contributed by atoms with E-state index in [1.54, 1.807) is 0 Å². The molecule has 1 heterocycles. The lowest BCUT2D eigenvalue weighted by Crippen LogP contribution is -2.57. The summed E-state index contributed by atoms with van der Waals surface area (Å²) in [5, 5.41) is 2.41. The highest BCUT2D eigenvalue weighted by Crippen LogP contribution is 2.40. The van der Waals surface area contributed by atoms with Crippen molar-refractivity contribution in [2.24, 2.45) is 5.92 Å². The summed E-state index contributed by atoms with van der Waals surface area (Å²) in [5.41, 5.74) is -0.680. The topological polar surface area (TPSA) is 32.3 Å². The van der Waals surface area contributed by atoms with Crippen LogP contribution in [0.5, 0.6) is 0 Å². The zero-order valence-corrected chi connectivity index (χ0v) is 18.0. The summed E-state index contributed by atoms with van der Waals surface area (Å²) in [6.45, 7) is 5.15. The Labute approximate surface area is 180 Å². The molecule has 1 aliphatic heterocycles. The van der Waals surface area contributed by atoms with E-state index in [4.69, 9.17) is 11.6 Å². The van der Waals surface area contributed by atoms with E-state index in [2.05, 4.69) is 24.1 Å². The second kappa shape index (κ2) is 8.60. The molecule has 3 nitrogen and oxygen atoms in total. The van der Waals surface area contributed by atoms with Crippen molar-refractivity contribution >= 4 is 17.5 Å². The monoisotopic (exact) mass is 438 g/mol. The second-order valence-corrected chi connectivity index (χ2v) is 8.74. The van der Waals surface area contributed by atoms with Crippen LogP contribution in [-0.2, 0) is 6.18 Å². The Morgan fingerprint density at radius 3 is 2.47 bits per heavy atom. The lowest BCUT2D eigenvalue weighted by molar-refractivity contribution is -0.137. The number of benzene rings is 2. The number of amides is 1. The SMILES string of the molecule is CC1CCC(C)([C@H](NC(=O)c2cccc(C(F)(F)F)c2Cl)c2ccccc2)N(C)C1. The van der Waals surface area contributed by atoms with E-state index in [9.17, 15) is 18.0 Å². The van der Waals surface area contributed by atoms with E-state index < -0.39 is 34.3 Å². The lowest BCUT2D eigenvalue weighted by Gasteiger charge is -2.50. The summed E-state index contributed by atoms with van der Waals surface area (Å²) >= 11 is 5.99. The molecule has 2 unspecified atom stereocenters. The maximum Gasteiger partial charge on any atom is 0.417 e. The maximum absolute atomic E-state index is 13.2. The van der Waals surface area contributed by atoms with Gasteiger partial charge in [-0.3, -0.25) is 9.69 Å². The van der Waals surface area contributed by atoms with Gasteiger partial charge in [-0.05, 0) is 50.4 Å². The third-order valence-electron chi connectivity index (χ3n) is 6.18. The van der Waals surface area contributed by atoms with Gasteiger partial charge in [-0.25, -0.2) is 0 Å². The largest absolute Gasteiger partial charge is 0.417 e. The van der Waals surface area contributed by atoms with Crippen molar-refractivity contribution in [3.05, 3.63) is 70.2 Å². The highest BCUT2D eigenvalue weighted by molar-refractivity contribution is 6.34. The highest BCUT2D eigenvalue weighted by atomic mass is 35.5. The van der Waals surface area contributed by atoms with Crippen LogP contribution in [0.1, 0.15) is 54.2 Å². The van der Waals surface area contributed by atoms with Crippen LogP contribution >= 0.6 is 11.6 Å². The summed E-state index contributed by atoms with van der Waals surface area (Å²) in [6, 6.07) is 12.5. The lowest BCUT2D eigenvalue weighted by atomic mass is 9.76. The third-order valence-corrected chi connectivity index (χ3v) is 6.59. The number of carbonyl (C=O) groups excluding carboxylic acids is 1. The summed E-state index contributed by atoms with van der Waals surface area (Å²) < 4.78 is 39.7. The Balaban J connectivity index is 1.98. The van der Waals surface area contributed by atoms with Crippen molar-refractivity contribution in [3.63, 3.8) is 0 Å². The number of nitrogens with one attached hydrogen (secondary N) is 1. The Hall–Kier alpha value is -2.05. The van der Waals surface area contributed by atoms with Crippen LogP contribution in [0.25, 0.3) is 0 Å². The van der Waals surface area contributed by atoms with Crippen molar-refractivity contribution < 1.29 is 18.0 Å². The van der Waals surface area contributed by atoms with E-state index in [1.165, 1.54) is 12.1 Å². The molecule has 0 bridgehead atoms. The highest BCUT2D eigenvalue weighted by Gasteiger charge is 2.43. The van der Waals surface area contributed by atoms with Gasteiger partial charge in [0.15, 0.2) is 0 Å². The number of rotatable bonds is 4. The third kappa shape index (κ3) is 4.49. The quantitative estimate of drug-likeness (QED) is 0.639. The number of hydrogen-bond donors (Lipinski definition) is 1. The van der Waals surface area contributed by atoms with Gasteiger partial charge in [0.2, 0.25) is 0 Å². The molecule has 162 valence electrons. The standard InChI is InChI=1S/C23H26ClF3N2O/c1-15-12-13-22(2,29(3)14-15)20(16-8-5-4-6-9-16)28-21(30)17-10-7-11-18(19(17)24)23(25,26)27/h4-11,15,20H,12-14H2,1-3H3,(H,28,30)/t15?,20-,22?/m1/s1. The van der Waals surface area contributed by atoms with Crippen LogP contribution in [-0.4, -0.2) is 29.9 Å². The number of piperidine rings is 1. The minimum atomic E-state index is -4.63. The first-order valence-electron chi connectivity index (χ1n) is 9.97. The molecule has 0 saturated carbocycles. The Kier molecular flexibility index (Phi) is 6.48. The molecule has 0 aromatic heterocycles. The summed E-state index contributed by atoms with van der Waals surface area (Å²) in [6.07, 6.45) is -2.77. The molecule has 1 amide bonds. The predicted octanol–water partition coefficient (Wildman–Crippen LogP) is 5.95. The first-order chi connectivity index (χ1) is 14.0. The van der Waals surface area contributed by atoms with Gasteiger partial charge < -0.3 is 5.32 Å². The zero-order valence-electron chi connectivity index (χ0n) is 17.3. The minimum Gasteiger partial charge on any atom is -0.343 e. The summed E-state index contributed by atoms with van der Waals surface area (Å²) in [7, 11) is 2.02. The molecule has 3 atom stereocenters. The van der Waals surface area contributed by atoms with E-state index >= 15 is 0 Å². The average Bonchev–Trinajstić information content (AvgIpc) is 2.69. The Morgan fingerprint density at radius 1 is 1.20 bits per heavy atom. The van der Waals surface area contributed by atoms with Gasteiger partial charge in [0.05, 0.1) is 22.2 Å². The molecule has 2 aromatic rings. The van der Waals surface area contributed by atoms with Gasteiger partial charge in [-0.2, -0.15) is 13.2 Å². The minimum absolute atomic E-state index is 0.178. The van der Waals surface area contributed by atoms with Crippen molar-refractivity contribution in [2.45, 2.75) is 44.4 Å².